The van der Waals surface area contributed by atoms with Gasteiger partial charge in [-0.25, -0.2) is 0 Å². The van der Waals surface area contributed by atoms with Crippen molar-refractivity contribution in [3.63, 3.8) is 0 Å². The Morgan fingerprint density at radius 3 is 2.37 bits per heavy atom. The lowest BCUT2D eigenvalue weighted by molar-refractivity contribution is -0.0897. The van der Waals surface area contributed by atoms with Gasteiger partial charge >= 0.3 is 0 Å². The van der Waals surface area contributed by atoms with Gasteiger partial charge in [-0.1, -0.05) is 48.0 Å². The van der Waals surface area contributed by atoms with E-state index in [0.717, 1.165) is 16.9 Å². The lowest BCUT2D eigenvalue weighted by Gasteiger charge is -2.64. The van der Waals surface area contributed by atoms with E-state index >= 15 is 0 Å². The Labute approximate surface area is 186 Å². The summed E-state index contributed by atoms with van der Waals surface area (Å²) in [6.07, 6.45) is 12.2. The average molecular weight is 420 g/mol. The molecule has 5 aliphatic rings. The molecule has 2 heteroatoms. The number of nitrogens with one attached hydrogen (secondary N) is 1. The first kappa shape index (κ1) is 19.4. The zero-order valence-electron chi connectivity index (χ0n) is 18.2. The molecule has 158 valence electrons. The van der Waals surface area contributed by atoms with E-state index in [1.54, 1.807) is 16.7 Å². The number of rotatable bonds is 4. The minimum atomic E-state index is 0.393. The minimum absolute atomic E-state index is 0.393. The fourth-order valence-electron chi connectivity index (χ4n) is 8.35. The molecular formula is C28H34ClN. The van der Waals surface area contributed by atoms with Gasteiger partial charge in [0.25, 0.3) is 0 Å². The van der Waals surface area contributed by atoms with Gasteiger partial charge in [0.2, 0.25) is 0 Å². The van der Waals surface area contributed by atoms with E-state index in [0.29, 0.717) is 22.9 Å². The topological polar surface area (TPSA) is 12.0 Å². The predicted octanol–water partition coefficient (Wildman–Crippen LogP) is 6.71. The third-order valence-electron chi connectivity index (χ3n) is 9.31. The molecule has 1 nitrogen and oxygen atoms in total. The van der Waals surface area contributed by atoms with Crippen LogP contribution in [0.3, 0.4) is 0 Å². The summed E-state index contributed by atoms with van der Waals surface area (Å²) < 4.78 is 0. The maximum absolute atomic E-state index is 6.23. The van der Waals surface area contributed by atoms with Crippen LogP contribution in [0, 0.1) is 17.3 Å². The lowest BCUT2D eigenvalue weighted by Crippen LogP contribution is -2.61. The van der Waals surface area contributed by atoms with Crippen molar-refractivity contribution in [1.82, 2.24) is 5.32 Å². The second-order valence-corrected chi connectivity index (χ2v) is 11.6. The monoisotopic (exact) mass is 419 g/mol. The molecule has 0 saturated heterocycles. The van der Waals surface area contributed by atoms with E-state index in [1.807, 2.05) is 0 Å². The molecule has 4 saturated carbocycles. The second-order valence-electron chi connectivity index (χ2n) is 11.2. The standard InChI is InChI=1S/C28H34ClN/c1-19(30-26-11-6-22-4-2-3-5-23(22)13-26)27-14-20-12-21(15-27)17-28(16-20,18-27)24-7-9-25(29)10-8-24/h2-5,7-10,19-21,26,30H,6,11-18H2,1H3/t19-,20-,21-,26+,27?,28?/m1/s1. The van der Waals surface area contributed by atoms with Crippen LogP contribution in [0.25, 0.3) is 0 Å². The summed E-state index contributed by atoms with van der Waals surface area (Å²) in [6, 6.07) is 19.2. The third-order valence-corrected chi connectivity index (χ3v) is 9.57. The average Bonchev–Trinajstić information content (AvgIpc) is 2.73. The van der Waals surface area contributed by atoms with Gasteiger partial charge in [0.05, 0.1) is 0 Å². The summed E-state index contributed by atoms with van der Waals surface area (Å²) in [4.78, 5) is 0. The van der Waals surface area contributed by atoms with E-state index in [-0.39, 0.29) is 0 Å². The maximum atomic E-state index is 6.23. The zero-order valence-corrected chi connectivity index (χ0v) is 18.9. The zero-order chi connectivity index (χ0) is 20.3. The van der Waals surface area contributed by atoms with Crippen LogP contribution in [-0.2, 0) is 18.3 Å². The smallest absolute Gasteiger partial charge is 0.0406 e. The number of fused-ring (bicyclic) bond motifs is 1. The Kier molecular flexibility index (Phi) is 4.59. The Hall–Kier alpha value is -1.31. The molecule has 2 aromatic carbocycles. The van der Waals surface area contributed by atoms with Gasteiger partial charge in [-0.15, -0.1) is 0 Å². The minimum Gasteiger partial charge on any atom is -0.311 e. The number of aryl methyl sites for hydroxylation is 1. The lowest BCUT2D eigenvalue weighted by atomic mass is 9.41. The molecule has 4 bridgehead atoms. The first-order valence-electron chi connectivity index (χ1n) is 12.1. The highest BCUT2D eigenvalue weighted by molar-refractivity contribution is 6.30. The fraction of sp³-hybridized carbons (Fsp3) is 0.571. The Morgan fingerprint density at radius 2 is 1.63 bits per heavy atom. The molecule has 1 N–H and O–H groups in total. The number of hydrogen-bond acceptors (Lipinski definition) is 1. The van der Waals surface area contributed by atoms with E-state index in [2.05, 4.69) is 60.8 Å². The van der Waals surface area contributed by atoms with Crippen molar-refractivity contribution < 1.29 is 0 Å². The van der Waals surface area contributed by atoms with Crippen molar-refractivity contribution in [3.05, 3.63) is 70.2 Å². The van der Waals surface area contributed by atoms with Crippen molar-refractivity contribution in [1.29, 1.82) is 0 Å². The van der Waals surface area contributed by atoms with Crippen molar-refractivity contribution in [2.24, 2.45) is 17.3 Å². The van der Waals surface area contributed by atoms with Gasteiger partial charge < -0.3 is 5.32 Å². The van der Waals surface area contributed by atoms with Gasteiger partial charge in [-0.05, 0) is 116 Å². The van der Waals surface area contributed by atoms with Crippen LogP contribution in [0.1, 0.15) is 68.6 Å². The van der Waals surface area contributed by atoms with Gasteiger partial charge in [0.1, 0.15) is 0 Å². The summed E-state index contributed by atoms with van der Waals surface area (Å²) in [5.41, 5.74) is 5.56. The van der Waals surface area contributed by atoms with Gasteiger partial charge in [0, 0.05) is 17.1 Å². The highest BCUT2D eigenvalue weighted by Crippen LogP contribution is 2.66. The van der Waals surface area contributed by atoms with Crippen LogP contribution in [0.4, 0.5) is 0 Å². The summed E-state index contributed by atoms with van der Waals surface area (Å²) >= 11 is 6.23. The Bertz CT molecular complexity index is 918. The summed E-state index contributed by atoms with van der Waals surface area (Å²) in [7, 11) is 0. The molecule has 5 aliphatic carbocycles. The molecule has 2 aromatic rings. The second kappa shape index (κ2) is 7.10. The molecule has 4 fully saturated rings. The molecule has 0 radical (unpaired) electrons. The van der Waals surface area contributed by atoms with Crippen LogP contribution in [0.2, 0.25) is 5.02 Å². The van der Waals surface area contributed by atoms with E-state index < -0.39 is 0 Å². The first-order valence-corrected chi connectivity index (χ1v) is 12.5. The molecule has 0 aliphatic heterocycles. The predicted molar refractivity (Wildman–Crippen MR) is 125 cm³/mol. The van der Waals surface area contributed by atoms with Crippen molar-refractivity contribution in [3.8, 4) is 0 Å². The van der Waals surface area contributed by atoms with Crippen molar-refractivity contribution in [2.45, 2.75) is 82.2 Å². The summed E-state index contributed by atoms with van der Waals surface area (Å²) in [5.74, 6) is 1.83. The van der Waals surface area contributed by atoms with E-state index in [4.69, 9.17) is 11.6 Å². The van der Waals surface area contributed by atoms with Gasteiger partial charge in [-0.2, -0.15) is 0 Å². The quantitative estimate of drug-likeness (QED) is 0.580. The Morgan fingerprint density at radius 1 is 0.933 bits per heavy atom. The normalized spacial score (nSPS) is 37.7. The maximum Gasteiger partial charge on any atom is 0.0406 e. The molecule has 7 rings (SSSR count). The van der Waals surface area contributed by atoms with E-state index in [1.165, 1.54) is 57.8 Å². The molecule has 0 amide bonds. The number of halogens is 1. The molecule has 0 heterocycles. The molecule has 0 aromatic heterocycles. The molecule has 4 atom stereocenters. The Balaban J connectivity index is 1.25. The van der Waals surface area contributed by atoms with Crippen LogP contribution in [0.5, 0.6) is 0 Å². The third kappa shape index (κ3) is 3.16. The summed E-state index contributed by atoms with van der Waals surface area (Å²) in [5, 5.41) is 5.04. The highest BCUT2D eigenvalue weighted by atomic mass is 35.5. The van der Waals surface area contributed by atoms with Crippen LogP contribution in [-0.4, -0.2) is 12.1 Å². The molecule has 0 spiro atoms. The molecule has 0 unspecified atom stereocenters. The number of hydrogen-bond donors (Lipinski definition) is 1. The van der Waals surface area contributed by atoms with Crippen molar-refractivity contribution >= 4 is 11.6 Å². The van der Waals surface area contributed by atoms with E-state index in [9.17, 15) is 0 Å². The largest absolute Gasteiger partial charge is 0.311 e. The molecule has 30 heavy (non-hydrogen) atoms. The van der Waals surface area contributed by atoms with Gasteiger partial charge in [0.15, 0.2) is 0 Å². The summed E-state index contributed by atoms with van der Waals surface area (Å²) in [6.45, 7) is 2.52. The van der Waals surface area contributed by atoms with Crippen LogP contribution in [0.15, 0.2) is 48.5 Å². The first-order chi connectivity index (χ1) is 14.5. The van der Waals surface area contributed by atoms with Crippen molar-refractivity contribution in [2.75, 3.05) is 0 Å². The highest BCUT2D eigenvalue weighted by Gasteiger charge is 2.59. The molecular weight excluding hydrogens is 386 g/mol. The van der Waals surface area contributed by atoms with Crippen LogP contribution < -0.4 is 5.32 Å². The SMILES string of the molecule is C[C@@H](N[C@H]1CCc2ccccc2C1)C12C[C@H]3C[C@@H](CC(c4ccc(Cl)cc4)(C3)C1)C2. The van der Waals surface area contributed by atoms with Gasteiger partial charge in [-0.3, -0.25) is 0 Å². The van der Waals surface area contributed by atoms with Crippen LogP contribution >= 0.6 is 11.6 Å². The fourth-order valence-corrected chi connectivity index (χ4v) is 8.48. The number of benzene rings is 2.